The minimum absolute atomic E-state index is 0.123. The molecule has 0 radical (unpaired) electrons. The second kappa shape index (κ2) is 7.13. The molecule has 1 aromatic heterocycles. The lowest BCUT2D eigenvalue weighted by molar-refractivity contribution is 0.0595. The fraction of sp³-hybridized carbons (Fsp3) is 0.389. The second-order valence-electron chi connectivity index (χ2n) is 6.16. The van der Waals surface area contributed by atoms with Crippen LogP contribution in [0.4, 0.5) is 14.6 Å². The number of halogens is 2. The van der Waals surface area contributed by atoms with Crippen LogP contribution in [0.2, 0.25) is 0 Å². The molecule has 1 heterocycles. The molecule has 0 unspecified atom stereocenters. The van der Waals surface area contributed by atoms with Crippen molar-refractivity contribution >= 4 is 11.8 Å². The molecule has 0 atom stereocenters. The highest BCUT2D eigenvalue weighted by Gasteiger charge is 2.24. The summed E-state index contributed by atoms with van der Waals surface area (Å²) in [5.41, 5.74) is 7.26. The van der Waals surface area contributed by atoms with Crippen molar-refractivity contribution in [3.8, 4) is 11.3 Å². The van der Waals surface area contributed by atoms with E-state index in [1.165, 1.54) is 19.2 Å². The van der Waals surface area contributed by atoms with Crippen molar-refractivity contribution in [1.82, 2.24) is 9.97 Å². The lowest BCUT2D eigenvalue weighted by atomic mass is 9.86. The van der Waals surface area contributed by atoms with Gasteiger partial charge in [-0.2, -0.15) is 0 Å². The molecule has 25 heavy (non-hydrogen) atoms. The van der Waals surface area contributed by atoms with Crippen LogP contribution in [-0.4, -0.2) is 29.2 Å². The van der Waals surface area contributed by atoms with Gasteiger partial charge in [-0.1, -0.05) is 6.07 Å². The fourth-order valence-corrected chi connectivity index (χ4v) is 3.11. The molecule has 5 nitrogen and oxygen atoms in total. The lowest BCUT2D eigenvalue weighted by Gasteiger charge is -2.24. The molecule has 132 valence electrons. The van der Waals surface area contributed by atoms with Crippen molar-refractivity contribution in [1.29, 1.82) is 0 Å². The van der Waals surface area contributed by atoms with Gasteiger partial charge in [-0.15, -0.1) is 0 Å². The Morgan fingerprint density at radius 1 is 1.28 bits per heavy atom. The van der Waals surface area contributed by atoms with Gasteiger partial charge in [0.2, 0.25) is 0 Å². The van der Waals surface area contributed by atoms with Crippen molar-refractivity contribution < 1.29 is 18.3 Å². The number of carbonyl (C=O) groups excluding carboxylic acids is 1. The van der Waals surface area contributed by atoms with Crippen molar-refractivity contribution in [3.05, 3.63) is 41.5 Å². The number of rotatable bonds is 3. The van der Waals surface area contributed by atoms with Gasteiger partial charge in [0.05, 0.1) is 24.6 Å². The van der Waals surface area contributed by atoms with E-state index in [-0.39, 0.29) is 17.3 Å². The number of esters is 1. The third-order valence-corrected chi connectivity index (χ3v) is 4.54. The van der Waals surface area contributed by atoms with Gasteiger partial charge in [0.1, 0.15) is 23.5 Å². The second-order valence-corrected chi connectivity index (χ2v) is 6.16. The monoisotopic (exact) mass is 347 g/mol. The molecule has 0 spiro atoms. The summed E-state index contributed by atoms with van der Waals surface area (Å²) in [5, 5.41) is 0. The molecule has 1 fully saturated rings. The van der Waals surface area contributed by atoms with Crippen LogP contribution in [0.25, 0.3) is 11.3 Å². The predicted molar refractivity (Wildman–Crippen MR) is 89.3 cm³/mol. The maximum Gasteiger partial charge on any atom is 0.340 e. The summed E-state index contributed by atoms with van der Waals surface area (Å²) >= 11 is 0. The largest absolute Gasteiger partial charge is 0.465 e. The number of ether oxygens (including phenoxy) is 1. The first-order valence-electron chi connectivity index (χ1n) is 8.14. The van der Waals surface area contributed by atoms with Crippen molar-refractivity contribution in [2.45, 2.75) is 37.8 Å². The van der Waals surface area contributed by atoms with Crippen LogP contribution >= 0.6 is 0 Å². The molecule has 2 N–H and O–H groups in total. The van der Waals surface area contributed by atoms with Crippen LogP contribution in [0, 0.1) is 5.82 Å². The van der Waals surface area contributed by atoms with Gasteiger partial charge in [0.15, 0.2) is 0 Å². The van der Waals surface area contributed by atoms with Crippen molar-refractivity contribution in [2.75, 3.05) is 12.8 Å². The standard InChI is InChI=1S/C18H19F2N3O2/c1-25-18(24)13-7-4-11(8-14(13)20)16-17(21)22-9-15(23-16)10-2-5-12(19)6-3-10/h4,7-10,12H,2-3,5-6H2,1H3,(H2,21,22)/t10-,12+. The number of nitrogens with two attached hydrogens (primary N) is 1. The quantitative estimate of drug-likeness (QED) is 0.858. The van der Waals surface area contributed by atoms with Crippen LogP contribution in [-0.2, 0) is 4.74 Å². The van der Waals surface area contributed by atoms with Crippen LogP contribution < -0.4 is 5.73 Å². The smallest absolute Gasteiger partial charge is 0.340 e. The van der Waals surface area contributed by atoms with Crippen LogP contribution in [0.5, 0.6) is 0 Å². The first-order valence-corrected chi connectivity index (χ1v) is 8.14. The van der Waals surface area contributed by atoms with Gasteiger partial charge in [-0.25, -0.2) is 23.5 Å². The van der Waals surface area contributed by atoms with Gasteiger partial charge in [0, 0.05) is 11.5 Å². The molecule has 0 saturated heterocycles. The van der Waals surface area contributed by atoms with Gasteiger partial charge in [0.25, 0.3) is 0 Å². The molecule has 1 saturated carbocycles. The molecule has 1 aliphatic rings. The Labute approximate surface area is 144 Å². The Hall–Kier alpha value is -2.57. The van der Waals surface area contributed by atoms with E-state index >= 15 is 0 Å². The van der Waals surface area contributed by atoms with Crippen molar-refractivity contribution in [2.24, 2.45) is 0 Å². The minimum Gasteiger partial charge on any atom is -0.465 e. The van der Waals surface area contributed by atoms with E-state index in [2.05, 4.69) is 14.7 Å². The highest BCUT2D eigenvalue weighted by molar-refractivity contribution is 5.90. The summed E-state index contributed by atoms with van der Waals surface area (Å²) in [6, 6.07) is 4.07. The van der Waals surface area contributed by atoms with Gasteiger partial charge in [-0.05, 0) is 37.8 Å². The van der Waals surface area contributed by atoms with Crippen LogP contribution in [0.15, 0.2) is 24.4 Å². The molecule has 7 heteroatoms. The number of benzene rings is 1. The number of nitrogens with zero attached hydrogens (tertiary/aromatic N) is 2. The lowest BCUT2D eigenvalue weighted by Crippen LogP contribution is -2.15. The van der Waals surface area contributed by atoms with Crippen LogP contribution in [0.3, 0.4) is 0 Å². The maximum atomic E-state index is 14.2. The molecule has 2 aromatic rings. The Morgan fingerprint density at radius 3 is 2.64 bits per heavy atom. The Bertz CT molecular complexity index is 790. The van der Waals surface area contributed by atoms with Gasteiger partial charge in [-0.3, -0.25) is 0 Å². The summed E-state index contributed by atoms with van der Waals surface area (Å²) in [6.07, 6.45) is 3.27. The van der Waals surface area contributed by atoms with E-state index < -0.39 is 18.0 Å². The number of carbonyl (C=O) groups is 1. The summed E-state index contributed by atoms with van der Waals surface area (Å²) in [4.78, 5) is 20.2. The molecule has 3 rings (SSSR count). The molecule has 0 amide bonds. The number of anilines is 1. The van der Waals surface area contributed by atoms with E-state index in [1.54, 1.807) is 12.3 Å². The molecule has 1 aromatic carbocycles. The number of alkyl halides is 1. The van der Waals surface area contributed by atoms with Gasteiger partial charge >= 0.3 is 5.97 Å². The van der Waals surface area contributed by atoms with Crippen molar-refractivity contribution in [3.63, 3.8) is 0 Å². The number of nitrogen functional groups attached to an aromatic ring is 1. The summed E-state index contributed by atoms with van der Waals surface area (Å²) in [7, 11) is 1.19. The molecule has 0 aliphatic heterocycles. The maximum absolute atomic E-state index is 14.2. The fourth-order valence-electron chi connectivity index (χ4n) is 3.11. The first kappa shape index (κ1) is 17.3. The minimum atomic E-state index is -0.752. The van der Waals surface area contributed by atoms with Crippen LogP contribution in [0.1, 0.15) is 47.7 Å². The Balaban J connectivity index is 1.93. The Morgan fingerprint density at radius 2 is 2.00 bits per heavy atom. The van der Waals surface area contributed by atoms with E-state index in [1.807, 2.05) is 0 Å². The van der Waals surface area contributed by atoms with E-state index in [9.17, 15) is 13.6 Å². The first-order chi connectivity index (χ1) is 12.0. The number of aromatic nitrogens is 2. The molecular formula is C18H19F2N3O2. The van der Waals surface area contributed by atoms with Gasteiger partial charge < -0.3 is 10.5 Å². The summed E-state index contributed by atoms with van der Waals surface area (Å²) < 4.78 is 32.0. The van der Waals surface area contributed by atoms with E-state index in [0.29, 0.717) is 36.9 Å². The zero-order valence-electron chi connectivity index (χ0n) is 13.8. The molecule has 0 bridgehead atoms. The zero-order valence-corrected chi connectivity index (χ0v) is 13.8. The predicted octanol–water partition coefficient (Wildman–Crippen LogP) is 3.65. The highest BCUT2D eigenvalue weighted by atomic mass is 19.1. The number of hydrogen-bond acceptors (Lipinski definition) is 5. The molecule has 1 aliphatic carbocycles. The average molecular weight is 347 g/mol. The zero-order chi connectivity index (χ0) is 18.0. The third-order valence-electron chi connectivity index (χ3n) is 4.54. The molecular weight excluding hydrogens is 328 g/mol. The number of hydrogen-bond donors (Lipinski definition) is 1. The third kappa shape index (κ3) is 3.60. The summed E-state index contributed by atoms with van der Waals surface area (Å²) in [5.74, 6) is -1.17. The Kier molecular flexibility index (Phi) is 4.92. The topological polar surface area (TPSA) is 78.1 Å². The SMILES string of the molecule is COC(=O)c1ccc(-c2nc([C@H]3CC[C@@H](F)CC3)cnc2N)cc1F. The number of methoxy groups -OCH3 is 1. The van der Waals surface area contributed by atoms with E-state index in [4.69, 9.17) is 5.73 Å². The average Bonchev–Trinajstić information content (AvgIpc) is 2.62. The highest BCUT2D eigenvalue weighted by Crippen LogP contribution is 2.34. The van der Waals surface area contributed by atoms with E-state index in [0.717, 1.165) is 5.69 Å². The summed E-state index contributed by atoms with van der Waals surface area (Å²) in [6.45, 7) is 0. The normalized spacial score (nSPS) is 20.3.